The van der Waals surface area contributed by atoms with Gasteiger partial charge in [0.05, 0.1) is 7.11 Å². The number of methoxy groups -OCH3 is 1. The summed E-state index contributed by atoms with van der Waals surface area (Å²) in [6, 6.07) is 0. The highest BCUT2D eigenvalue weighted by Crippen LogP contribution is 1.60. The van der Waals surface area contributed by atoms with E-state index in [1.165, 1.54) is 0 Å². The van der Waals surface area contributed by atoms with E-state index in [0.29, 0.717) is 0 Å². The second-order valence-corrected chi connectivity index (χ2v) is 1.81. The average Bonchev–Trinajstić information content (AvgIpc) is 1.65. The topological polar surface area (TPSA) is 49.8 Å². The van der Waals surface area contributed by atoms with Gasteiger partial charge in [-0.2, -0.15) is 0 Å². The van der Waals surface area contributed by atoms with E-state index in [0.717, 1.165) is 7.11 Å². The highest BCUT2D eigenvalue weighted by atomic mass is 16.6. The van der Waals surface area contributed by atoms with Crippen LogP contribution in [0.2, 0.25) is 0 Å². The number of carbonyl (C=O) groups is 1. The van der Waals surface area contributed by atoms with Crippen molar-refractivity contribution < 1.29 is 14.6 Å². The molecule has 0 rings (SSSR count). The Kier molecular flexibility index (Phi) is 8.90. The summed E-state index contributed by atoms with van der Waals surface area (Å²) in [6.45, 7) is 0. The van der Waals surface area contributed by atoms with Crippen molar-refractivity contribution in [3.8, 4) is 0 Å². The quantitative estimate of drug-likeness (QED) is 0.491. The van der Waals surface area contributed by atoms with Crippen LogP contribution in [0.3, 0.4) is 0 Å². The normalized spacial score (nSPS) is 7.67. The SMILES string of the molecule is CN(C)C.COC(=O)O. The van der Waals surface area contributed by atoms with E-state index in [4.69, 9.17) is 9.90 Å². The summed E-state index contributed by atoms with van der Waals surface area (Å²) < 4.78 is 3.67. The van der Waals surface area contributed by atoms with Crippen molar-refractivity contribution in [2.45, 2.75) is 0 Å². The molecule has 0 aromatic carbocycles. The van der Waals surface area contributed by atoms with E-state index in [9.17, 15) is 0 Å². The maximum atomic E-state index is 9.15. The van der Waals surface area contributed by atoms with Gasteiger partial charge in [-0.15, -0.1) is 0 Å². The third kappa shape index (κ3) is 131. The number of hydrogen-bond donors (Lipinski definition) is 1. The first kappa shape index (κ1) is 11.1. The molecular weight excluding hydrogens is 122 g/mol. The van der Waals surface area contributed by atoms with Gasteiger partial charge in [0.15, 0.2) is 0 Å². The lowest BCUT2D eigenvalue weighted by atomic mass is 11.0. The van der Waals surface area contributed by atoms with Crippen LogP contribution in [0.4, 0.5) is 4.79 Å². The number of carboxylic acid groups (broad SMARTS) is 1. The van der Waals surface area contributed by atoms with Crippen LogP contribution >= 0.6 is 0 Å². The molecule has 0 saturated heterocycles. The van der Waals surface area contributed by atoms with Crippen molar-refractivity contribution in [3.63, 3.8) is 0 Å². The van der Waals surface area contributed by atoms with Crippen LogP contribution in [0.1, 0.15) is 0 Å². The van der Waals surface area contributed by atoms with Gasteiger partial charge in [0.1, 0.15) is 0 Å². The van der Waals surface area contributed by atoms with Crippen LogP contribution < -0.4 is 0 Å². The minimum absolute atomic E-state index is 1.10. The molecule has 0 radical (unpaired) electrons. The molecule has 0 atom stereocenters. The summed E-state index contributed by atoms with van der Waals surface area (Å²) in [5.41, 5.74) is 0. The molecule has 56 valence electrons. The maximum absolute atomic E-state index is 9.15. The zero-order chi connectivity index (χ0) is 7.86. The zero-order valence-electron chi connectivity index (χ0n) is 6.21. The third-order valence-electron chi connectivity index (χ3n) is 0.175. The Labute approximate surface area is 55.0 Å². The third-order valence-corrected chi connectivity index (χ3v) is 0.175. The highest BCUT2D eigenvalue weighted by Gasteiger charge is 1.80. The Morgan fingerprint density at radius 1 is 1.44 bits per heavy atom. The van der Waals surface area contributed by atoms with Crippen LogP contribution in [0.5, 0.6) is 0 Å². The maximum Gasteiger partial charge on any atom is 0.505 e. The predicted octanol–water partition coefficient (Wildman–Crippen LogP) is 0.489. The van der Waals surface area contributed by atoms with E-state index in [2.05, 4.69) is 4.74 Å². The van der Waals surface area contributed by atoms with Crippen molar-refractivity contribution in [2.24, 2.45) is 0 Å². The average molecular weight is 135 g/mol. The van der Waals surface area contributed by atoms with Gasteiger partial charge in [0, 0.05) is 0 Å². The molecule has 0 aliphatic heterocycles. The molecule has 0 aliphatic carbocycles. The predicted molar refractivity (Wildman–Crippen MR) is 34.6 cm³/mol. The second-order valence-electron chi connectivity index (χ2n) is 1.81. The first-order chi connectivity index (χ1) is 4.00. The van der Waals surface area contributed by atoms with E-state index in [1.807, 2.05) is 26.0 Å². The fraction of sp³-hybridized carbons (Fsp3) is 0.800. The molecule has 1 N–H and O–H groups in total. The Hall–Kier alpha value is -0.770. The van der Waals surface area contributed by atoms with Crippen molar-refractivity contribution in [1.82, 2.24) is 4.90 Å². The molecule has 0 aliphatic rings. The molecule has 0 saturated carbocycles. The minimum Gasteiger partial charge on any atom is -0.450 e. The highest BCUT2D eigenvalue weighted by molar-refractivity contribution is 5.56. The molecule has 4 nitrogen and oxygen atoms in total. The molecule has 0 heterocycles. The van der Waals surface area contributed by atoms with Gasteiger partial charge in [-0.25, -0.2) is 4.79 Å². The largest absolute Gasteiger partial charge is 0.505 e. The lowest BCUT2D eigenvalue weighted by Gasteiger charge is -1.90. The van der Waals surface area contributed by atoms with Crippen LogP contribution in [0, 0.1) is 0 Å². The minimum atomic E-state index is -1.25. The number of ether oxygens (including phenoxy) is 1. The van der Waals surface area contributed by atoms with Gasteiger partial charge >= 0.3 is 6.16 Å². The summed E-state index contributed by atoms with van der Waals surface area (Å²) in [5.74, 6) is 0. The second kappa shape index (κ2) is 7.23. The number of hydrogen-bond acceptors (Lipinski definition) is 3. The molecule has 9 heavy (non-hydrogen) atoms. The fourth-order valence-electron chi connectivity index (χ4n) is 0. The molecular formula is C5H13NO3. The smallest absolute Gasteiger partial charge is 0.450 e. The Morgan fingerprint density at radius 3 is 1.56 bits per heavy atom. The molecule has 0 amide bonds. The molecule has 0 fully saturated rings. The van der Waals surface area contributed by atoms with Crippen molar-refractivity contribution in [3.05, 3.63) is 0 Å². The first-order valence-electron chi connectivity index (χ1n) is 2.38. The van der Waals surface area contributed by atoms with Gasteiger partial charge in [-0.3, -0.25) is 0 Å². The van der Waals surface area contributed by atoms with E-state index in [-0.39, 0.29) is 0 Å². The van der Waals surface area contributed by atoms with E-state index < -0.39 is 6.16 Å². The van der Waals surface area contributed by atoms with Gasteiger partial charge in [0.25, 0.3) is 0 Å². The zero-order valence-corrected chi connectivity index (χ0v) is 6.21. The number of rotatable bonds is 0. The van der Waals surface area contributed by atoms with Crippen LogP contribution in [0.15, 0.2) is 0 Å². The Balaban J connectivity index is 0. The van der Waals surface area contributed by atoms with E-state index >= 15 is 0 Å². The van der Waals surface area contributed by atoms with Gasteiger partial charge < -0.3 is 14.7 Å². The monoisotopic (exact) mass is 135 g/mol. The molecule has 0 unspecified atom stereocenters. The Bertz CT molecular complexity index is 69.8. The van der Waals surface area contributed by atoms with Gasteiger partial charge in [0.2, 0.25) is 0 Å². The fourth-order valence-corrected chi connectivity index (χ4v) is 0. The first-order valence-corrected chi connectivity index (χ1v) is 2.38. The number of nitrogens with zero attached hydrogens (tertiary/aromatic N) is 1. The summed E-state index contributed by atoms with van der Waals surface area (Å²) in [6.07, 6.45) is -1.25. The van der Waals surface area contributed by atoms with Crippen LogP contribution in [-0.2, 0) is 4.74 Å². The summed E-state index contributed by atoms with van der Waals surface area (Å²) in [4.78, 5) is 11.1. The summed E-state index contributed by atoms with van der Waals surface area (Å²) in [5, 5.41) is 7.50. The van der Waals surface area contributed by atoms with Crippen LogP contribution in [-0.4, -0.2) is 44.4 Å². The molecule has 0 bridgehead atoms. The molecule has 0 aromatic rings. The molecule has 0 aromatic heterocycles. The van der Waals surface area contributed by atoms with Crippen molar-refractivity contribution in [1.29, 1.82) is 0 Å². The lowest BCUT2D eigenvalue weighted by Crippen LogP contribution is -1.99. The van der Waals surface area contributed by atoms with Gasteiger partial charge in [-0.1, -0.05) is 0 Å². The Morgan fingerprint density at radius 2 is 1.56 bits per heavy atom. The van der Waals surface area contributed by atoms with Crippen LogP contribution in [0.25, 0.3) is 0 Å². The van der Waals surface area contributed by atoms with Crippen molar-refractivity contribution in [2.75, 3.05) is 28.3 Å². The lowest BCUT2D eigenvalue weighted by molar-refractivity contribution is 0.114. The molecule has 4 heteroatoms. The van der Waals surface area contributed by atoms with E-state index in [1.54, 1.807) is 0 Å². The van der Waals surface area contributed by atoms with Gasteiger partial charge in [-0.05, 0) is 21.1 Å². The summed E-state index contributed by atoms with van der Waals surface area (Å²) in [7, 11) is 7.10. The summed E-state index contributed by atoms with van der Waals surface area (Å²) >= 11 is 0. The standard InChI is InChI=1S/C3H9N.C2H4O3/c1-4(2)3;1-5-2(3)4/h1-3H3;1H3,(H,3,4). The molecule has 0 spiro atoms. The van der Waals surface area contributed by atoms with Crippen molar-refractivity contribution >= 4 is 6.16 Å².